The van der Waals surface area contributed by atoms with Crippen LogP contribution in [0.2, 0.25) is 5.02 Å². The molecule has 0 saturated heterocycles. The number of Topliss-reactive ketones (excluding diaryl/α,β-unsaturated/α-hetero) is 1. The zero-order valence-corrected chi connectivity index (χ0v) is 27.1. The van der Waals surface area contributed by atoms with E-state index in [2.05, 4.69) is 0 Å². The third kappa shape index (κ3) is 7.32. The van der Waals surface area contributed by atoms with Gasteiger partial charge in [0.2, 0.25) is 10.0 Å². The first-order valence-corrected chi connectivity index (χ1v) is 17.1. The minimum atomic E-state index is -3.76. The average molecular weight is 667 g/mol. The Hall–Kier alpha value is -5.12. The number of ether oxygens (including phenoxy) is 1. The van der Waals surface area contributed by atoms with Gasteiger partial charge >= 0.3 is 0 Å². The normalized spacial score (nSPS) is 11.4. The smallest absolute Gasteiger partial charge is 0.254 e. The van der Waals surface area contributed by atoms with Crippen LogP contribution in [0.25, 0.3) is 21.9 Å². The van der Waals surface area contributed by atoms with Crippen molar-refractivity contribution in [3.63, 3.8) is 0 Å². The number of fused-ring (bicyclic) bond motifs is 3. The van der Waals surface area contributed by atoms with Gasteiger partial charge in [-0.25, -0.2) is 8.42 Å². The number of rotatable bonds is 12. The molecule has 0 aliphatic heterocycles. The highest BCUT2D eigenvalue weighted by molar-refractivity contribution is 7.92. The number of ketones is 1. The molecule has 8 nitrogen and oxygen atoms in total. The van der Waals surface area contributed by atoms with E-state index < -0.39 is 10.0 Å². The second-order valence-corrected chi connectivity index (χ2v) is 13.4. The number of hydrogen-bond donors (Lipinski definition) is 0. The van der Waals surface area contributed by atoms with Crippen molar-refractivity contribution in [2.24, 2.45) is 0 Å². The van der Waals surface area contributed by atoms with Crippen molar-refractivity contribution >= 4 is 60.9 Å². The molecule has 0 radical (unpaired) electrons. The van der Waals surface area contributed by atoms with Gasteiger partial charge in [-0.05, 0) is 54.1 Å². The Balaban J connectivity index is 1.22. The molecule has 1 heterocycles. The monoisotopic (exact) mass is 666 g/mol. The molecule has 238 valence electrons. The van der Waals surface area contributed by atoms with Crippen molar-refractivity contribution in [3.05, 3.63) is 143 Å². The molecule has 1 amide bonds. The van der Waals surface area contributed by atoms with E-state index in [0.717, 1.165) is 28.2 Å². The molecule has 0 bridgehead atoms. The summed E-state index contributed by atoms with van der Waals surface area (Å²) in [5, 5.41) is 2.16. The zero-order chi connectivity index (χ0) is 33.0. The van der Waals surface area contributed by atoms with E-state index >= 15 is 0 Å². The third-order valence-electron chi connectivity index (χ3n) is 7.73. The summed E-state index contributed by atoms with van der Waals surface area (Å²) in [7, 11) is -3.76. The summed E-state index contributed by atoms with van der Waals surface area (Å²) in [6.45, 7) is -0.00487. The predicted octanol–water partition coefficient (Wildman–Crippen LogP) is 7.61. The summed E-state index contributed by atoms with van der Waals surface area (Å²) < 4.78 is 38.9. The van der Waals surface area contributed by atoms with Crippen LogP contribution in [0.4, 0.5) is 5.69 Å². The van der Waals surface area contributed by atoms with Gasteiger partial charge in [0, 0.05) is 28.0 Å². The summed E-state index contributed by atoms with van der Waals surface area (Å²) in [6.07, 6.45) is 1.09. The Morgan fingerprint density at radius 3 is 2.19 bits per heavy atom. The van der Waals surface area contributed by atoms with E-state index in [1.807, 2.05) is 78.9 Å². The van der Waals surface area contributed by atoms with Crippen LogP contribution in [0.15, 0.2) is 126 Å². The number of anilines is 1. The third-order valence-corrected chi connectivity index (χ3v) is 9.17. The molecule has 6 rings (SSSR count). The van der Waals surface area contributed by atoms with Crippen LogP contribution in [0.5, 0.6) is 5.75 Å². The summed E-state index contributed by atoms with van der Waals surface area (Å²) in [4.78, 5) is 28.7. The topological polar surface area (TPSA) is 97.1 Å². The molecule has 10 heteroatoms. The number of hydrogen-bond acceptors (Lipinski definition) is 6. The highest BCUT2D eigenvalue weighted by Gasteiger charge is 2.24. The second-order valence-electron chi connectivity index (χ2n) is 11.0. The molecule has 0 atom stereocenters. The average Bonchev–Trinajstić information content (AvgIpc) is 3.45. The molecule has 47 heavy (non-hydrogen) atoms. The Labute approximate surface area is 277 Å². The number of benzene rings is 5. The molecule has 0 spiro atoms. The van der Waals surface area contributed by atoms with E-state index in [-0.39, 0.29) is 54.2 Å². The first kappa shape index (κ1) is 31.8. The quantitative estimate of drug-likeness (QED) is 0.125. The number of furan rings is 1. The van der Waals surface area contributed by atoms with Crippen LogP contribution in [0.1, 0.15) is 26.3 Å². The van der Waals surface area contributed by atoms with Crippen LogP contribution < -0.4 is 9.04 Å². The Bertz CT molecular complexity index is 2170. The van der Waals surface area contributed by atoms with Crippen molar-refractivity contribution in [1.29, 1.82) is 0 Å². The lowest BCUT2D eigenvalue weighted by atomic mass is 10.1. The first-order chi connectivity index (χ1) is 22.7. The number of amides is 1. The van der Waals surface area contributed by atoms with Gasteiger partial charge < -0.3 is 14.1 Å². The largest absolute Gasteiger partial charge is 0.492 e. The standard InChI is InChI=1S/C37H31ClN2O6S/c1-47(43,44)40(24-26-10-4-2-5-11-26)33-22-28(16-19-32(33)38)34(41)25-39(37(42)27-12-6-3-7-13-27)20-21-45-29-17-18-31-30-14-8-9-15-35(30)46-36(31)23-29/h2-19,22-23H,20-21,24-25H2,1H3. The van der Waals surface area contributed by atoms with Gasteiger partial charge in [0.15, 0.2) is 5.78 Å². The Morgan fingerprint density at radius 1 is 0.766 bits per heavy atom. The van der Waals surface area contributed by atoms with Crippen LogP contribution in [-0.2, 0) is 16.6 Å². The fraction of sp³-hybridized carbons (Fsp3) is 0.135. The molecule has 5 aromatic carbocycles. The molecule has 0 saturated carbocycles. The van der Waals surface area contributed by atoms with E-state index in [1.54, 1.807) is 24.3 Å². The molecule has 0 unspecified atom stereocenters. The highest BCUT2D eigenvalue weighted by Crippen LogP contribution is 2.32. The predicted molar refractivity (Wildman–Crippen MR) is 185 cm³/mol. The summed E-state index contributed by atoms with van der Waals surface area (Å²) in [5.74, 6) is -0.160. The van der Waals surface area contributed by atoms with Crippen molar-refractivity contribution < 1.29 is 27.2 Å². The van der Waals surface area contributed by atoms with Crippen molar-refractivity contribution in [2.45, 2.75) is 6.54 Å². The van der Waals surface area contributed by atoms with Crippen LogP contribution in [0, 0.1) is 0 Å². The maximum absolute atomic E-state index is 13.7. The van der Waals surface area contributed by atoms with Crippen molar-refractivity contribution in [2.75, 3.05) is 30.3 Å². The summed E-state index contributed by atoms with van der Waals surface area (Å²) in [6, 6.07) is 35.6. The minimum Gasteiger partial charge on any atom is -0.492 e. The van der Waals surface area contributed by atoms with Gasteiger partial charge in [0.1, 0.15) is 23.5 Å². The van der Waals surface area contributed by atoms with E-state index in [0.29, 0.717) is 16.9 Å². The van der Waals surface area contributed by atoms with E-state index in [4.69, 9.17) is 20.8 Å². The summed E-state index contributed by atoms with van der Waals surface area (Å²) in [5.41, 5.74) is 3.03. The molecular formula is C37H31ClN2O6S. The van der Waals surface area contributed by atoms with Crippen LogP contribution in [-0.4, -0.2) is 51.0 Å². The summed E-state index contributed by atoms with van der Waals surface area (Å²) >= 11 is 6.49. The molecule has 1 aromatic heterocycles. The first-order valence-electron chi connectivity index (χ1n) is 14.9. The maximum Gasteiger partial charge on any atom is 0.254 e. The van der Waals surface area contributed by atoms with E-state index in [9.17, 15) is 18.0 Å². The van der Waals surface area contributed by atoms with Gasteiger partial charge in [0.05, 0.1) is 36.6 Å². The lowest BCUT2D eigenvalue weighted by molar-refractivity contribution is 0.0686. The van der Waals surface area contributed by atoms with Crippen molar-refractivity contribution in [3.8, 4) is 5.75 Å². The van der Waals surface area contributed by atoms with Gasteiger partial charge in [-0.1, -0.05) is 78.3 Å². The number of halogens is 1. The molecule has 0 fully saturated rings. The number of carbonyl (C=O) groups excluding carboxylic acids is 2. The highest BCUT2D eigenvalue weighted by atomic mass is 35.5. The number of para-hydroxylation sites is 1. The molecular weight excluding hydrogens is 636 g/mol. The minimum absolute atomic E-state index is 0.0345. The maximum atomic E-state index is 13.7. The lowest BCUT2D eigenvalue weighted by Crippen LogP contribution is -2.38. The molecule has 0 aliphatic rings. The van der Waals surface area contributed by atoms with E-state index in [1.165, 1.54) is 27.4 Å². The molecule has 0 N–H and O–H groups in total. The number of nitrogens with zero attached hydrogens (tertiary/aromatic N) is 2. The van der Waals surface area contributed by atoms with Crippen molar-refractivity contribution in [1.82, 2.24) is 4.90 Å². The number of sulfonamides is 1. The lowest BCUT2D eigenvalue weighted by Gasteiger charge is -2.25. The SMILES string of the molecule is CS(=O)(=O)N(Cc1ccccc1)c1cc(C(=O)CN(CCOc2ccc3c(c2)oc2ccccc23)C(=O)c2ccccc2)ccc1Cl. The van der Waals surface area contributed by atoms with Gasteiger partial charge in [-0.2, -0.15) is 0 Å². The number of carbonyl (C=O) groups is 2. The molecule has 0 aliphatic carbocycles. The van der Waals surface area contributed by atoms with Gasteiger partial charge in [-0.3, -0.25) is 13.9 Å². The molecule has 6 aromatic rings. The Kier molecular flexibility index (Phi) is 9.29. The van der Waals surface area contributed by atoms with Gasteiger partial charge in [0.25, 0.3) is 5.91 Å². The Morgan fingerprint density at radius 2 is 1.45 bits per heavy atom. The van der Waals surface area contributed by atoms with Gasteiger partial charge in [-0.15, -0.1) is 0 Å². The second kappa shape index (κ2) is 13.7. The fourth-order valence-electron chi connectivity index (χ4n) is 5.36. The fourth-order valence-corrected chi connectivity index (χ4v) is 6.52. The van der Waals surface area contributed by atoms with Crippen LogP contribution in [0.3, 0.4) is 0 Å². The van der Waals surface area contributed by atoms with Crippen LogP contribution >= 0.6 is 11.6 Å². The zero-order valence-electron chi connectivity index (χ0n) is 25.5.